The third-order valence-corrected chi connectivity index (χ3v) is 3.77. The van der Waals surface area contributed by atoms with E-state index in [0.29, 0.717) is 12.6 Å². The standard InChI is InChI=1S/C16H21N5.HI/c1-12-8-15(12)20-16(17-2)18-9-13-10-19-21(11-13)14-6-4-3-5-7-14;/h3-7,10-12,15H,8-9H2,1-2H3,(H2,17,18,20);1H. The van der Waals surface area contributed by atoms with Gasteiger partial charge in [0.2, 0.25) is 0 Å². The van der Waals surface area contributed by atoms with Crippen LogP contribution in [0, 0.1) is 5.92 Å². The van der Waals surface area contributed by atoms with Gasteiger partial charge in [0, 0.05) is 31.4 Å². The van der Waals surface area contributed by atoms with E-state index in [1.165, 1.54) is 6.42 Å². The summed E-state index contributed by atoms with van der Waals surface area (Å²) in [6.07, 6.45) is 5.15. The van der Waals surface area contributed by atoms with Gasteiger partial charge in [-0.3, -0.25) is 4.99 Å². The van der Waals surface area contributed by atoms with E-state index in [9.17, 15) is 0 Å². The van der Waals surface area contributed by atoms with Crippen molar-refractivity contribution in [3.63, 3.8) is 0 Å². The van der Waals surface area contributed by atoms with Crippen LogP contribution < -0.4 is 10.6 Å². The molecule has 3 rings (SSSR count). The number of halogens is 1. The quantitative estimate of drug-likeness (QED) is 0.462. The highest BCUT2D eigenvalue weighted by atomic mass is 127. The maximum absolute atomic E-state index is 4.39. The predicted octanol–water partition coefficient (Wildman–Crippen LogP) is 2.56. The minimum absolute atomic E-state index is 0. The van der Waals surface area contributed by atoms with Crippen molar-refractivity contribution >= 4 is 29.9 Å². The molecule has 2 atom stereocenters. The zero-order valence-corrected chi connectivity index (χ0v) is 15.2. The van der Waals surface area contributed by atoms with Crippen molar-refractivity contribution in [3.8, 4) is 5.69 Å². The lowest BCUT2D eigenvalue weighted by Crippen LogP contribution is -2.38. The van der Waals surface area contributed by atoms with E-state index in [-0.39, 0.29) is 24.0 Å². The molecule has 1 aliphatic rings. The van der Waals surface area contributed by atoms with E-state index >= 15 is 0 Å². The normalized spacial score (nSPS) is 20.2. The molecular weight excluding hydrogens is 389 g/mol. The van der Waals surface area contributed by atoms with Crippen LogP contribution in [0.2, 0.25) is 0 Å². The summed E-state index contributed by atoms with van der Waals surface area (Å²) in [5.74, 6) is 1.61. The molecule has 0 spiro atoms. The van der Waals surface area contributed by atoms with Crippen molar-refractivity contribution in [2.45, 2.75) is 25.9 Å². The number of aliphatic imine (C=N–C) groups is 1. The Morgan fingerprint density at radius 1 is 1.36 bits per heavy atom. The molecule has 118 valence electrons. The van der Waals surface area contributed by atoms with Crippen LogP contribution in [-0.4, -0.2) is 28.8 Å². The van der Waals surface area contributed by atoms with Crippen LogP contribution in [0.5, 0.6) is 0 Å². The number of aromatic nitrogens is 2. The summed E-state index contributed by atoms with van der Waals surface area (Å²) in [5.41, 5.74) is 2.20. The number of hydrogen-bond acceptors (Lipinski definition) is 2. The molecule has 6 heteroatoms. The number of para-hydroxylation sites is 1. The van der Waals surface area contributed by atoms with Crippen molar-refractivity contribution < 1.29 is 0 Å². The lowest BCUT2D eigenvalue weighted by Gasteiger charge is -2.10. The van der Waals surface area contributed by atoms with E-state index < -0.39 is 0 Å². The third kappa shape index (κ3) is 4.22. The Morgan fingerprint density at radius 2 is 2.09 bits per heavy atom. The largest absolute Gasteiger partial charge is 0.353 e. The van der Waals surface area contributed by atoms with Crippen molar-refractivity contribution in [1.82, 2.24) is 20.4 Å². The topological polar surface area (TPSA) is 54.2 Å². The monoisotopic (exact) mass is 411 g/mol. The van der Waals surface area contributed by atoms with Crippen LogP contribution in [0.25, 0.3) is 5.69 Å². The maximum Gasteiger partial charge on any atom is 0.191 e. The average molecular weight is 411 g/mol. The molecule has 0 aliphatic heterocycles. The molecule has 0 amide bonds. The second-order valence-corrected chi connectivity index (χ2v) is 5.52. The van der Waals surface area contributed by atoms with Gasteiger partial charge in [-0.2, -0.15) is 5.10 Å². The lowest BCUT2D eigenvalue weighted by molar-refractivity contribution is 0.763. The first kappa shape index (κ1) is 16.8. The molecule has 0 saturated heterocycles. The van der Waals surface area contributed by atoms with Gasteiger partial charge in [-0.05, 0) is 24.5 Å². The number of nitrogens with zero attached hydrogens (tertiary/aromatic N) is 3. The molecule has 2 aromatic rings. The van der Waals surface area contributed by atoms with Gasteiger partial charge in [0.25, 0.3) is 0 Å². The molecule has 1 heterocycles. The summed E-state index contributed by atoms with van der Waals surface area (Å²) >= 11 is 0. The molecule has 1 aromatic heterocycles. The Morgan fingerprint density at radius 3 is 2.73 bits per heavy atom. The van der Waals surface area contributed by atoms with Gasteiger partial charge < -0.3 is 10.6 Å². The third-order valence-electron chi connectivity index (χ3n) is 3.77. The molecule has 22 heavy (non-hydrogen) atoms. The Bertz CT molecular complexity index is 622. The van der Waals surface area contributed by atoms with E-state index in [4.69, 9.17) is 0 Å². The predicted molar refractivity (Wildman–Crippen MR) is 99.9 cm³/mol. The van der Waals surface area contributed by atoms with Crippen LogP contribution in [0.4, 0.5) is 0 Å². The smallest absolute Gasteiger partial charge is 0.191 e. The van der Waals surface area contributed by atoms with Gasteiger partial charge in [-0.1, -0.05) is 25.1 Å². The van der Waals surface area contributed by atoms with E-state index in [0.717, 1.165) is 23.1 Å². The molecule has 1 aromatic carbocycles. The first-order chi connectivity index (χ1) is 10.3. The van der Waals surface area contributed by atoms with Crippen LogP contribution in [-0.2, 0) is 6.54 Å². The van der Waals surface area contributed by atoms with Gasteiger partial charge >= 0.3 is 0 Å². The van der Waals surface area contributed by atoms with Gasteiger partial charge in [0.05, 0.1) is 11.9 Å². The SMILES string of the molecule is CN=C(NCc1cnn(-c2ccccc2)c1)NC1CC1C.I. The minimum atomic E-state index is 0. The Labute approximate surface area is 148 Å². The highest BCUT2D eigenvalue weighted by Gasteiger charge is 2.33. The van der Waals surface area contributed by atoms with Crippen LogP contribution in [0.3, 0.4) is 0 Å². The van der Waals surface area contributed by atoms with Crippen LogP contribution >= 0.6 is 24.0 Å². The molecule has 2 unspecified atom stereocenters. The number of hydrogen-bond donors (Lipinski definition) is 2. The minimum Gasteiger partial charge on any atom is -0.353 e. The highest BCUT2D eigenvalue weighted by molar-refractivity contribution is 14.0. The molecule has 1 fully saturated rings. The Kier molecular flexibility index (Phi) is 5.82. The molecule has 0 bridgehead atoms. The van der Waals surface area contributed by atoms with E-state index in [2.05, 4.69) is 27.6 Å². The van der Waals surface area contributed by atoms with E-state index in [1.54, 1.807) is 7.05 Å². The molecule has 1 saturated carbocycles. The molecule has 0 radical (unpaired) electrons. The van der Waals surface area contributed by atoms with Crippen molar-refractivity contribution in [2.24, 2.45) is 10.9 Å². The zero-order valence-electron chi connectivity index (χ0n) is 12.9. The Balaban J connectivity index is 0.00000176. The first-order valence-corrected chi connectivity index (χ1v) is 7.32. The molecule has 1 aliphatic carbocycles. The fourth-order valence-electron chi connectivity index (χ4n) is 2.25. The zero-order chi connectivity index (χ0) is 14.7. The number of nitrogens with one attached hydrogen (secondary N) is 2. The first-order valence-electron chi connectivity index (χ1n) is 7.32. The van der Waals surface area contributed by atoms with Crippen LogP contribution in [0.1, 0.15) is 18.9 Å². The number of benzene rings is 1. The fraction of sp³-hybridized carbons (Fsp3) is 0.375. The molecule has 2 N–H and O–H groups in total. The van der Waals surface area contributed by atoms with Gasteiger partial charge in [-0.25, -0.2) is 4.68 Å². The number of rotatable bonds is 4. The average Bonchev–Trinajstić information content (AvgIpc) is 3.02. The van der Waals surface area contributed by atoms with Gasteiger partial charge in [0.1, 0.15) is 0 Å². The van der Waals surface area contributed by atoms with Gasteiger partial charge in [-0.15, -0.1) is 24.0 Å². The molecule has 5 nitrogen and oxygen atoms in total. The maximum atomic E-state index is 4.39. The fourth-order valence-corrected chi connectivity index (χ4v) is 2.25. The summed E-state index contributed by atoms with van der Waals surface area (Å²) in [6.45, 7) is 2.96. The second-order valence-electron chi connectivity index (χ2n) is 5.52. The van der Waals surface area contributed by atoms with Crippen molar-refractivity contribution in [2.75, 3.05) is 7.05 Å². The van der Waals surface area contributed by atoms with E-state index in [1.807, 2.05) is 47.4 Å². The van der Waals surface area contributed by atoms with Crippen molar-refractivity contribution in [1.29, 1.82) is 0 Å². The van der Waals surface area contributed by atoms with Gasteiger partial charge in [0.15, 0.2) is 5.96 Å². The second kappa shape index (κ2) is 7.62. The summed E-state index contributed by atoms with van der Waals surface area (Å²) in [6, 6.07) is 10.7. The Hall–Kier alpha value is -1.57. The summed E-state index contributed by atoms with van der Waals surface area (Å²) in [4.78, 5) is 4.25. The summed E-state index contributed by atoms with van der Waals surface area (Å²) in [7, 11) is 1.80. The summed E-state index contributed by atoms with van der Waals surface area (Å²) in [5, 5.41) is 11.1. The lowest BCUT2D eigenvalue weighted by atomic mass is 10.3. The van der Waals surface area contributed by atoms with Crippen molar-refractivity contribution in [3.05, 3.63) is 48.3 Å². The highest BCUT2D eigenvalue weighted by Crippen LogP contribution is 2.28. The molecular formula is C16H22IN5. The van der Waals surface area contributed by atoms with Crippen LogP contribution in [0.15, 0.2) is 47.7 Å². The summed E-state index contributed by atoms with van der Waals surface area (Å²) < 4.78 is 1.89. The number of guanidine groups is 1.